The fraction of sp³-hybridized carbons (Fsp3) is 0.630. The van der Waals surface area contributed by atoms with E-state index in [4.69, 9.17) is 0 Å². The summed E-state index contributed by atoms with van der Waals surface area (Å²) in [5.41, 5.74) is 5.93. The summed E-state index contributed by atoms with van der Waals surface area (Å²) < 4.78 is 0. The predicted octanol–water partition coefficient (Wildman–Crippen LogP) is 7.27. The maximum atomic E-state index is 11.9. The van der Waals surface area contributed by atoms with Gasteiger partial charge in [0.25, 0.3) is 0 Å². The van der Waals surface area contributed by atoms with E-state index in [0.717, 1.165) is 12.8 Å². The molecule has 0 bridgehead atoms. The molecule has 0 saturated heterocycles. The number of hydrazine groups is 1. The molecule has 0 heterocycles. The molecule has 0 aromatic heterocycles. The third kappa shape index (κ3) is 16.3. The van der Waals surface area contributed by atoms with Gasteiger partial charge in [0.05, 0.1) is 0 Å². The van der Waals surface area contributed by atoms with Crippen LogP contribution in [0.1, 0.15) is 120 Å². The highest BCUT2D eigenvalue weighted by molar-refractivity contribution is 6.04. The maximum Gasteiger partial charge on any atom is 0.238 e. The summed E-state index contributed by atoms with van der Waals surface area (Å²) in [6.45, 7) is 2.27. The number of unbranched alkanes of at least 4 members (excludes halogenated alkanes) is 14. The topological polar surface area (TPSA) is 58.2 Å². The molecule has 1 amide bonds. The molecule has 0 spiro atoms. The highest BCUT2D eigenvalue weighted by atomic mass is 16.2. The van der Waals surface area contributed by atoms with E-state index in [9.17, 15) is 9.59 Å². The molecular formula is C27H44N2O2. The predicted molar refractivity (Wildman–Crippen MR) is 131 cm³/mol. The van der Waals surface area contributed by atoms with Crippen molar-refractivity contribution in [1.82, 2.24) is 10.9 Å². The van der Waals surface area contributed by atoms with Crippen LogP contribution in [0, 0.1) is 0 Å². The summed E-state index contributed by atoms with van der Waals surface area (Å²) in [7, 11) is 0. The average Bonchev–Trinajstić information content (AvgIpc) is 2.79. The molecular weight excluding hydrogens is 384 g/mol. The number of rotatable bonds is 20. The van der Waals surface area contributed by atoms with Crippen LogP contribution >= 0.6 is 0 Å². The second-order valence-corrected chi connectivity index (χ2v) is 8.46. The van der Waals surface area contributed by atoms with Gasteiger partial charge in [-0.15, -0.1) is 0 Å². The van der Waals surface area contributed by atoms with Gasteiger partial charge in [-0.1, -0.05) is 127 Å². The zero-order chi connectivity index (χ0) is 22.4. The Balaban J connectivity index is 1.84. The van der Waals surface area contributed by atoms with Crippen molar-refractivity contribution >= 4 is 11.7 Å². The first-order valence-electron chi connectivity index (χ1n) is 12.5. The lowest BCUT2D eigenvalue weighted by Gasteiger charge is -2.05. The van der Waals surface area contributed by atoms with E-state index < -0.39 is 0 Å². The third-order valence-corrected chi connectivity index (χ3v) is 5.60. The molecule has 1 aromatic carbocycles. The Labute approximate surface area is 190 Å². The quantitative estimate of drug-likeness (QED) is 0.0994. The minimum absolute atomic E-state index is 0.0356. The number of ketones is 1. The molecule has 1 rings (SSSR count). The largest absolute Gasteiger partial charge is 0.306 e. The molecule has 1 aromatic rings. The SMILES string of the molecule is CCCCCCCCCCCCCCCCCC(=O)NN/C=C\C(=O)c1ccccc1. The Hall–Kier alpha value is -2.10. The van der Waals surface area contributed by atoms with Gasteiger partial charge < -0.3 is 5.43 Å². The highest BCUT2D eigenvalue weighted by Gasteiger charge is 2.01. The van der Waals surface area contributed by atoms with Crippen LogP contribution in [0.25, 0.3) is 0 Å². The van der Waals surface area contributed by atoms with Gasteiger partial charge in [0, 0.05) is 24.3 Å². The molecule has 0 radical (unpaired) electrons. The first-order valence-corrected chi connectivity index (χ1v) is 12.5. The Morgan fingerprint density at radius 3 is 1.71 bits per heavy atom. The van der Waals surface area contributed by atoms with Gasteiger partial charge in [-0.3, -0.25) is 15.0 Å². The minimum Gasteiger partial charge on any atom is -0.306 e. The van der Waals surface area contributed by atoms with Crippen molar-refractivity contribution in [2.45, 2.75) is 110 Å². The molecule has 174 valence electrons. The van der Waals surface area contributed by atoms with Gasteiger partial charge in [0.15, 0.2) is 5.78 Å². The summed E-state index contributed by atoms with van der Waals surface area (Å²) in [6, 6.07) is 9.06. The van der Waals surface area contributed by atoms with Crippen LogP contribution in [0.4, 0.5) is 0 Å². The van der Waals surface area contributed by atoms with Crippen LogP contribution < -0.4 is 10.9 Å². The molecule has 0 saturated carbocycles. The number of hydrogen-bond donors (Lipinski definition) is 2. The number of carbonyl (C=O) groups is 2. The van der Waals surface area contributed by atoms with Crippen molar-refractivity contribution in [3.63, 3.8) is 0 Å². The molecule has 0 aliphatic heterocycles. The number of benzene rings is 1. The normalized spacial score (nSPS) is 11.0. The van der Waals surface area contributed by atoms with Crippen molar-refractivity contribution in [1.29, 1.82) is 0 Å². The Morgan fingerprint density at radius 2 is 1.19 bits per heavy atom. The number of allylic oxidation sites excluding steroid dienone is 1. The van der Waals surface area contributed by atoms with Gasteiger partial charge in [0.1, 0.15) is 0 Å². The monoisotopic (exact) mass is 428 g/mol. The van der Waals surface area contributed by atoms with Gasteiger partial charge in [-0.05, 0) is 6.42 Å². The second-order valence-electron chi connectivity index (χ2n) is 8.46. The first kappa shape index (κ1) is 26.9. The van der Waals surface area contributed by atoms with E-state index in [0.29, 0.717) is 12.0 Å². The smallest absolute Gasteiger partial charge is 0.238 e. The lowest BCUT2D eigenvalue weighted by molar-refractivity contribution is -0.121. The Bertz CT molecular complexity index is 599. The average molecular weight is 429 g/mol. The lowest BCUT2D eigenvalue weighted by atomic mass is 10.0. The number of nitrogens with one attached hydrogen (secondary N) is 2. The van der Waals surface area contributed by atoms with Crippen molar-refractivity contribution in [3.05, 3.63) is 48.2 Å². The number of hydrogen-bond acceptors (Lipinski definition) is 3. The van der Waals surface area contributed by atoms with Crippen LogP contribution in [0.5, 0.6) is 0 Å². The zero-order valence-corrected chi connectivity index (χ0v) is 19.7. The summed E-state index contributed by atoms with van der Waals surface area (Å²) in [4.78, 5) is 23.7. The van der Waals surface area contributed by atoms with E-state index in [1.165, 1.54) is 95.7 Å². The van der Waals surface area contributed by atoms with Crippen LogP contribution in [-0.4, -0.2) is 11.7 Å². The summed E-state index contributed by atoms with van der Waals surface area (Å²) >= 11 is 0. The molecule has 4 nitrogen and oxygen atoms in total. The van der Waals surface area contributed by atoms with Crippen molar-refractivity contribution in [2.75, 3.05) is 0 Å². The van der Waals surface area contributed by atoms with E-state index in [1.54, 1.807) is 12.1 Å². The fourth-order valence-corrected chi connectivity index (χ4v) is 3.66. The molecule has 31 heavy (non-hydrogen) atoms. The molecule has 2 N–H and O–H groups in total. The number of carbonyl (C=O) groups excluding carboxylic acids is 2. The Morgan fingerprint density at radius 1 is 0.710 bits per heavy atom. The van der Waals surface area contributed by atoms with Crippen molar-refractivity contribution in [3.8, 4) is 0 Å². The van der Waals surface area contributed by atoms with E-state index >= 15 is 0 Å². The third-order valence-electron chi connectivity index (χ3n) is 5.60. The maximum absolute atomic E-state index is 11.9. The molecule has 0 atom stereocenters. The van der Waals surface area contributed by atoms with E-state index in [-0.39, 0.29) is 11.7 Å². The fourth-order valence-electron chi connectivity index (χ4n) is 3.66. The van der Waals surface area contributed by atoms with Crippen molar-refractivity contribution in [2.24, 2.45) is 0 Å². The van der Waals surface area contributed by atoms with Gasteiger partial charge in [-0.2, -0.15) is 0 Å². The van der Waals surface area contributed by atoms with Gasteiger partial charge in [0.2, 0.25) is 5.91 Å². The molecule has 4 heteroatoms. The van der Waals surface area contributed by atoms with Crippen LogP contribution in [0.15, 0.2) is 42.6 Å². The van der Waals surface area contributed by atoms with Gasteiger partial charge >= 0.3 is 0 Å². The standard InChI is InChI=1S/C27H44N2O2/c1-2-3-4-5-6-7-8-9-10-11-12-13-14-15-19-22-27(31)29-28-24-23-26(30)25-20-17-16-18-21-25/h16-18,20-21,23-24,28H,2-15,19,22H2,1H3,(H,29,31)/b24-23-. The minimum atomic E-state index is -0.0928. The molecule has 0 aliphatic rings. The lowest BCUT2D eigenvalue weighted by Crippen LogP contribution is -2.33. The van der Waals surface area contributed by atoms with E-state index in [1.807, 2.05) is 18.2 Å². The van der Waals surface area contributed by atoms with Crippen molar-refractivity contribution < 1.29 is 9.59 Å². The Kier molecular flexibility index (Phi) is 17.2. The molecule has 0 fully saturated rings. The highest BCUT2D eigenvalue weighted by Crippen LogP contribution is 2.13. The summed E-state index contributed by atoms with van der Waals surface area (Å²) in [5, 5.41) is 0. The summed E-state index contributed by atoms with van der Waals surface area (Å²) in [6.07, 6.45) is 23.2. The van der Waals surface area contributed by atoms with Crippen LogP contribution in [0.2, 0.25) is 0 Å². The zero-order valence-electron chi connectivity index (χ0n) is 19.7. The number of amides is 1. The van der Waals surface area contributed by atoms with Crippen LogP contribution in [0.3, 0.4) is 0 Å². The second kappa shape index (κ2) is 19.8. The molecule has 0 unspecified atom stereocenters. The van der Waals surface area contributed by atoms with E-state index in [2.05, 4.69) is 17.8 Å². The summed E-state index contributed by atoms with van der Waals surface area (Å²) in [5.74, 6) is -0.128. The van der Waals surface area contributed by atoms with Crippen LogP contribution in [-0.2, 0) is 4.79 Å². The molecule has 0 aliphatic carbocycles. The first-order chi connectivity index (χ1) is 15.2. The van der Waals surface area contributed by atoms with Gasteiger partial charge in [-0.25, -0.2) is 0 Å².